The Bertz CT molecular complexity index is 1110. The summed E-state index contributed by atoms with van der Waals surface area (Å²) in [6.45, 7) is 2.03. The number of methoxy groups -OCH3 is 1. The van der Waals surface area contributed by atoms with Crippen molar-refractivity contribution in [3.63, 3.8) is 0 Å². The molecule has 0 unspecified atom stereocenters. The molecule has 2 aromatic heterocycles. The number of carbonyl (C=O) groups is 1. The SMILES string of the molecule is COc1ccccc1NC(=O)c1cnn(-c2cccc(C)c2)c1-n1cccc1. The van der Waals surface area contributed by atoms with Crippen LogP contribution >= 0.6 is 0 Å². The van der Waals surface area contributed by atoms with Crippen LogP contribution in [0.3, 0.4) is 0 Å². The molecule has 0 aliphatic carbocycles. The highest BCUT2D eigenvalue weighted by Crippen LogP contribution is 2.26. The van der Waals surface area contributed by atoms with Gasteiger partial charge in [0, 0.05) is 12.4 Å². The number of ether oxygens (including phenoxy) is 1. The van der Waals surface area contributed by atoms with Crippen LogP contribution in [0.5, 0.6) is 5.75 Å². The summed E-state index contributed by atoms with van der Waals surface area (Å²) >= 11 is 0. The largest absolute Gasteiger partial charge is 0.495 e. The first-order valence-electron chi connectivity index (χ1n) is 8.90. The van der Waals surface area contributed by atoms with Crippen LogP contribution in [0.1, 0.15) is 15.9 Å². The maximum absolute atomic E-state index is 13.1. The third-order valence-corrected chi connectivity index (χ3v) is 4.44. The fourth-order valence-electron chi connectivity index (χ4n) is 3.11. The first-order valence-corrected chi connectivity index (χ1v) is 8.90. The maximum atomic E-state index is 13.1. The van der Waals surface area contributed by atoms with Gasteiger partial charge in [-0.25, -0.2) is 4.68 Å². The molecule has 1 N–H and O–H groups in total. The normalized spacial score (nSPS) is 10.6. The van der Waals surface area contributed by atoms with E-state index >= 15 is 0 Å². The number of nitrogens with zero attached hydrogens (tertiary/aromatic N) is 3. The van der Waals surface area contributed by atoms with Gasteiger partial charge in [-0.2, -0.15) is 5.10 Å². The molecule has 28 heavy (non-hydrogen) atoms. The molecule has 140 valence electrons. The molecule has 0 atom stereocenters. The number of amides is 1. The van der Waals surface area contributed by atoms with Crippen molar-refractivity contribution in [1.82, 2.24) is 14.3 Å². The van der Waals surface area contributed by atoms with E-state index in [1.54, 1.807) is 30.1 Å². The van der Waals surface area contributed by atoms with Crippen molar-refractivity contribution in [2.24, 2.45) is 0 Å². The lowest BCUT2D eigenvalue weighted by molar-refractivity contribution is 0.102. The van der Waals surface area contributed by atoms with Crippen molar-refractivity contribution in [2.45, 2.75) is 6.92 Å². The number of rotatable bonds is 5. The quantitative estimate of drug-likeness (QED) is 0.570. The number of para-hydroxylation sites is 2. The van der Waals surface area contributed by atoms with Crippen molar-refractivity contribution in [3.8, 4) is 17.3 Å². The predicted octanol–water partition coefficient (Wildman–Crippen LogP) is 4.23. The number of hydrogen-bond donors (Lipinski definition) is 1. The Labute approximate surface area is 163 Å². The molecule has 4 rings (SSSR count). The van der Waals surface area contributed by atoms with Crippen LogP contribution in [0.15, 0.2) is 79.3 Å². The van der Waals surface area contributed by atoms with Crippen molar-refractivity contribution >= 4 is 11.6 Å². The Hall–Kier alpha value is -3.80. The molecule has 0 spiro atoms. The van der Waals surface area contributed by atoms with E-state index in [4.69, 9.17) is 4.74 Å². The number of aryl methyl sites for hydroxylation is 1. The van der Waals surface area contributed by atoms with Crippen molar-refractivity contribution in [2.75, 3.05) is 12.4 Å². The molecule has 2 heterocycles. The lowest BCUT2D eigenvalue weighted by atomic mass is 10.2. The number of aromatic nitrogens is 3. The third-order valence-electron chi connectivity index (χ3n) is 4.44. The van der Waals surface area contributed by atoms with Crippen molar-refractivity contribution in [3.05, 3.63) is 90.4 Å². The standard InChI is InChI=1S/C22H20N4O2/c1-16-8-7-9-17(14-16)26-22(25-12-5-6-13-25)18(15-23-26)21(27)24-19-10-3-4-11-20(19)28-2/h3-15H,1-2H3,(H,24,27). The van der Waals surface area contributed by atoms with Crippen molar-refractivity contribution in [1.29, 1.82) is 0 Å². The van der Waals surface area contributed by atoms with Gasteiger partial charge in [0.05, 0.1) is 24.7 Å². The minimum atomic E-state index is -0.257. The monoisotopic (exact) mass is 372 g/mol. The summed E-state index contributed by atoms with van der Waals surface area (Å²) in [5, 5.41) is 7.42. The summed E-state index contributed by atoms with van der Waals surface area (Å²) in [5.41, 5.74) is 3.08. The Morgan fingerprint density at radius 3 is 2.57 bits per heavy atom. The van der Waals surface area contributed by atoms with E-state index in [1.807, 2.05) is 72.4 Å². The molecule has 6 nitrogen and oxygen atoms in total. The number of nitrogens with one attached hydrogen (secondary N) is 1. The number of carbonyl (C=O) groups excluding carboxylic acids is 1. The average Bonchev–Trinajstić information content (AvgIpc) is 3.37. The lowest BCUT2D eigenvalue weighted by Gasteiger charge is -2.13. The minimum Gasteiger partial charge on any atom is -0.495 e. The second kappa shape index (κ2) is 7.44. The van der Waals surface area contributed by atoms with E-state index < -0.39 is 0 Å². The zero-order chi connectivity index (χ0) is 19.5. The van der Waals surface area contributed by atoms with E-state index in [1.165, 1.54) is 0 Å². The Balaban J connectivity index is 1.78. The Kier molecular flexibility index (Phi) is 4.68. The van der Waals surface area contributed by atoms with Gasteiger partial charge in [-0.1, -0.05) is 24.3 Å². The van der Waals surface area contributed by atoms with E-state index in [2.05, 4.69) is 10.4 Å². The van der Waals surface area contributed by atoms with Gasteiger partial charge in [-0.3, -0.25) is 4.79 Å². The molecule has 1 amide bonds. The summed E-state index contributed by atoms with van der Waals surface area (Å²) in [4.78, 5) is 13.1. The molecule has 0 saturated carbocycles. The zero-order valence-corrected chi connectivity index (χ0v) is 15.7. The summed E-state index contributed by atoms with van der Waals surface area (Å²) < 4.78 is 8.98. The maximum Gasteiger partial charge on any atom is 0.261 e. The zero-order valence-electron chi connectivity index (χ0n) is 15.7. The number of anilines is 1. The molecule has 0 aliphatic rings. The highest BCUT2D eigenvalue weighted by molar-refractivity contribution is 6.07. The molecule has 6 heteroatoms. The van der Waals surface area contributed by atoms with Gasteiger partial charge in [0.2, 0.25) is 0 Å². The molecule has 0 bridgehead atoms. The number of hydrogen-bond acceptors (Lipinski definition) is 3. The summed E-state index contributed by atoms with van der Waals surface area (Å²) in [5.74, 6) is 1.01. The van der Waals surface area contributed by atoms with Gasteiger partial charge in [0.15, 0.2) is 5.82 Å². The highest BCUT2D eigenvalue weighted by Gasteiger charge is 2.21. The molecule has 0 aliphatic heterocycles. The second-order valence-electron chi connectivity index (χ2n) is 6.38. The van der Waals surface area contributed by atoms with Crippen LogP contribution < -0.4 is 10.1 Å². The van der Waals surface area contributed by atoms with Gasteiger partial charge >= 0.3 is 0 Å². The Morgan fingerprint density at radius 1 is 1.04 bits per heavy atom. The van der Waals surface area contributed by atoms with Gasteiger partial charge in [-0.05, 0) is 48.9 Å². The van der Waals surface area contributed by atoms with Gasteiger partial charge in [0.1, 0.15) is 11.3 Å². The lowest BCUT2D eigenvalue weighted by Crippen LogP contribution is -2.15. The molecule has 0 fully saturated rings. The van der Waals surface area contributed by atoms with Crippen LogP contribution in [0.2, 0.25) is 0 Å². The van der Waals surface area contributed by atoms with Crippen LogP contribution in [0.4, 0.5) is 5.69 Å². The fraction of sp³-hybridized carbons (Fsp3) is 0.0909. The minimum absolute atomic E-state index is 0.257. The van der Waals surface area contributed by atoms with E-state index in [0.29, 0.717) is 22.8 Å². The molecule has 4 aromatic rings. The molecular weight excluding hydrogens is 352 g/mol. The predicted molar refractivity (Wildman–Crippen MR) is 109 cm³/mol. The second-order valence-corrected chi connectivity index (χ2v) is 6.38. The molecule has 0 radical (unpaired) electrons. The van der Waals surface area contributed by atoms with E-state index in [-0.39, 0.29) is 5.91 Å². The number of benzene rings is 2. The van der Waals surface area contributed by atoms with Crippen LogP contribution in [0, 0.1) is 6.92 Å². The average molecular weight is 372 g/mol. The van der Waals surface area contributed by atoms with Gasteiger partial charge in [0.25, 0.3) is 5.91 Å². The summed E-state index contributed by atoms with van der Waals surface area (Å²) in [7, 11) is 1.58. The van der Waals surface area contributed by atoms with Crippen LogP contribution in [-0.2, 0) is 0 Å². The fourth-order valence-corrected chi connectivity index (χ4v) is 3.11. The van der Waals surface area contributed by atoms with E-state index in [9.17, 15) is 4.79 Å². The van der Waals surface area contributed by atoms with Crippen LogP contribution in [-0.4, -0.2) is 27.4 Å². The summed E-state index contributed by atoms with van der Waals surface area (Å²) in [6.07, 6.45) is 5.37. The molecule has 0 saturated heterocycles. The Morgan fingerprint density at radius 2 is 1.82 bits per heavy atom. The smallest absolute Gasteiger partial charge is 0.261 e. The van der Waals surface area contributed by atoms with Crippen LogP contribution in [0.25, 0.3) is 11.5 Å². The van der Waals surface area contributed by atoms with Crippen molar-refractivity contribution < 1.29 is 9.53 Å². The third kappa shape index (κ3) is 3.27. The highest BCUT2D eigenvalue weighted by atomic mass is 16.5. The van der Waals surface area contributed by atoms with E-state index in [0.717, 1.165) is 11.3 Å². The first kappa shape index (κ1) is 17.6. The summed E-state index contributed by atoms with van der Waals surface area (Å²) in [6, 6.07) is 19.1. The molecule has 2 aromatic carbocycles. The topological polar surface area (TPSA) is 61.1 Å². The van der Waals surface area contributed by atoms with Gasteiger partial charge in [-0.15, -0.1) is 0 Å². The molecular formula is C22H20N4O2. The van der Waals surface area contributed by atoms with Gasteiger partial charge < -0.3 is 14.6 Å². The first-order chi connectivity index (χ1) is 13.7.